The van der Waals surface area contributed by atoms with E-state index in [1.807, 2.05) is 18.2 Å². The molecule has 0 bridgehead atoms. The van der Waals surface area contributed by atoms with Gasteiger partial charge in [0, 0.05) is 9.92 Å². The van der Waals surface area contributed by atoms with Gasteiger partial charge in [-0.3, -0.25) is 4.79 Å². The molecule has 1 aliphatic rings. The van der Waals surface area contributed by atoms with Crippen LogP contribution in [0.5, 0.6) is 0 Å². The lowest BCUT2D eigenvalue weighted by atomic mass is 10.0. The predicted molar refractivity (Wildman–Crippen MR) is 70.7 cm³/mol. The summed E-state index contributed by atoms with van der Waals surface area (Å²) < 4.78 is 0. The molecule has 92 valence electrons. The number of carboxylic acids is 1. The molecule has 0 aliphatic heterocycles. The van der Waals surface area contributed by atoms with Crippen molar-refractivity contribution in [2.75, 3.05) is 0 Å². The van der Waals surface area contributed by atoms with Crippen molar-refractivity contribution >= 4 is 29.3 Å². The van der Waals surface area contributed by atoms with Gasteiger partial charge >= 0.3 is 5.97 Å². The Labute approximate surface area is 110 Å². The molecule has 0 radical (unpaired) electrons. The summed E-state index contributed by atoms with van der Waals surface area (Å²) in [5.74, 6) is -0.404. The second-order valence-corrected chi connectivity index (χ2v) is 6.03. The summed E-state index contributed by atoms with van der Waals surface area (Å²) in [7, 11) is 0. The zero-order valence-corrected chi connectivity index (χ0v) is 11.0. The summed E-state index contributed by atoms with van der Waals surface area (Å²) in [5, 5.41) is 9.63. The van der Waals surface area contributed by atoms with E-state index in [0.717, 1.165) is 30.6 Å². The van der Waals surface area contributed by atoms with Crippen LogP contribution in [0.25, 0.3) is 0 Å². The van der Waals surface area contributed by atoms with Gasteiger partial charge in [0.2, 0.25) is 0 Å². The van der Waals surface area contributed by atoms with Crippen molar-refractivity contribution in [1.29, 1.82) is 0 Å². The van der Waals surface area contributed by atoms with E-state index in [1.165, 1.54) is 11.8 Å². The number of thioether (sulfide) groups is 1. The van der Waals surface area contributed by atoms with Gasteiger partial charge in [0.1, 0.15) is 5.25 Å². The number of benzene rings is 1. The highest BCUT2D eigenvalue weighted by molar-refractivity contribution is 8.00. The fraction of sp³-hybridized carbons (Fsp3) is 0.462. The molecule has 2 nitrogen and oxygen atoms in total. The summed E-state index contributed by atoms with van der Waals surface area (Å²) in [6, 6.07) is 7.41. The summed E-state index contributed by atoms with van der Waals surface area (Å²) in [6.45, 7) is 0. The first-order chi connectivity index (χ1) is 8.16. The van der Waals surface area contributed by atoms with Crippen LogP contribution in [0.4, 0.5) is 0 Å². The van der Waals surface area contributed by atoms with E-state index in [4.69, 9.17) is 11.6 Å². The summed E-state index contributed by atoms with van der Waals surface area (Å²) >= 11 is 7.33. The highest BCUT2D eigenvalue weighted by atomic mass is 35.5. The SMILES string of the molecule is O=C(O)C(Sc1cccc(Cl)c1)C1CCCC1. The Morgan fingerprint density at radius 1 is 1.41 bits per heavy atom. The van der Waals surface area contributed by atoms with Gasteiger partial charge in [-0.2, -0.15) is 0 Å². The number of hydrogen-bond acceptors (Lipinski definition) is 2. The van der Waals surface area contributed by atoms with Crippen LogP contribution in [0.3, 0.4) is 0 Å². The molecule has 17 heavy (non-hydrogen) atoms. The lowest BCUT2D eigenvalue weighted by Crippen LogP contribution is -2.24. The van der Waals surface area contributed by atoms with E-state index in [0.29, 0.717) is 10.9 Å². The molecule has 1 aliphatic carbocycles. The van der Waals surface area contributed by atoms with Gasteiger partial charge < -0.3 is 5.11 Å². The minimum Gasteiger partial charge on any atom is -0.480 e. The van der Waals surface area contributed by atoms with Gasteiger partial charge in [-0.1, -0.05) is 30.5 Å². The quantitative estimate of drug-likeness (QED) is 0.838. The van der Waals surface area contributed by atoms with Gasteiger partial charge in [0.25, 0.3) is 0 Å². The van der Waals surface area contributed by atoms with Crippen molar-refractivity contribution in [1.82, 2.24) is 0 Å². The van der Waals surface area contributed by atoms with Crippen LogP contribution in [0.15, 0.2) is 29.2 Å². The molecule has 1 unspecified atom stereocenters. The van der Waals surface area contributed by atoms with Crippen LogP contribution >= 0.6 is 23.4 Å². The fourth-order valence-corrected chi connectivity index (χ4v) is 3.76. The van der Waals surface area contributed by atoms with Gasteiger partial charge in [-0.15, -0.1) is 11.8 Å². The van der Waals surface area contributed by atoms with Crippen molar-refractivity contribution in [3.63, 3.8) is 0 Å². The standard InChI is InChI=1S/C13H15ClO2S/c14-10-6-3-7-11(8-10)17-12(13(15)16)9-4-1-2-5-9/h3,6-9,12H,1-2,4-5H2,(H,15,16). The van der Waals surface area contributed by atoms with Crippen molar-refractivity contribution < 1.29 is 9.90 Å². The molecule has 1 N–H and O–H groups in total. The molecule has 0 spiro atoms. The van der Waals surface area contributed by atoms with Crippen LogP contribution < -0.4 is 0 Å². The molecule has 1 fully saturated rings. The first-order valence-corrected chi connectivity index (χ1v) is 7.07. The Balaban J connectivity index is 2.09. The molecule has 1 aromatic rings. The van der Waals surface area contributed by atoms with E-state index in [9.17, 15) is 9.90 Å². The largest absolute Gasteiger partial charge is 0.480 e. The second-order valence-electron chi connectivity index (χ2n) is 4.38. The lowest BCUT2D eigenvalue weighted by molar-refractivity contribution is -0.137. The zero-order chi connectivity index (χ0) is 12.3. The van der Waals surface area contributed by atoms with Gasteiger partial charge in [-0.05, 0) is 37.0 Å². The van der Waals surface area contributed by atoms with Gasteiger partial charge in [0.15, 0.2) is 0 Å². The number of rotatable bonds is 4. The summed E-state index contributed by atoms with van der Waals surface area (Å²) in [5.41, 5.74) is 0. The number of aliphatic carboxylic acids is 1. The number of carbonyl (C=O) groups is 1. The zero-order valence-electron chi connectivity index (χ0n) is 9.43. The maximum atomic E-state index is 11.3. The van der Waals surface area contributed by atoms with E-state index in [-0.39, 0.29) is 5.25 Å². The highest BCUT2D eigenvalue weighted by Gasteiger charge is 2.31. The topological polar surface area (TPSA) is 37.3 Å². The maximum Gasteiger partial charge on any atom is 0.317 e. The van der Waals surface area contributed by atoms with Crippen LogP contribution in [-0.4, -0.2) is 16.3 Å². The fourth-order valence-electron chi connectivity index (χ4n) is 2.30. The minimum absolute atomic E-state index is 0.302. The molecule has 0 aromatic heterocycles. The maximum absolute atomic E-state index is 11.3. The minimum atomic E-state index is -0.707. The third-order valence-corrected chi connectivity index (χ3v) is 4.73. The Morgan fingerprint density at radius 3 is 2.71 bits per heavy atom. The Hall–Kier alpha value is -0.670. The van der Waals surface area contributed by atoms with Crippen molar-refractivity contribution in [3.05, 3.63) is 29.3 Å². The Kier molecular flexibility index (Phi) is 4.35. The van der Waals surface area contributed by atoms with Gasteiger partial charge in [0.05, 0.1) is 0 Å². The van der Waals surface area contributed by atoms with E-state index < -0.39 is 5.97 Å². The third-order valence-electron chi connectivity index (χ3n) is 3.13. The smallest absolute Gasteiger partial charge is 0.317 e. The predicted octanol–water partition coefficient (Wildman–Crippen LogP) is 4.08. The van der Waals surface area contributed by atoms with Crippen molar-refractivity contribution in [2.45, 2.75) is 35.8 Å². The molecular formula is C13H15ClO2S. The van der Waals surface area contributed by atoms with E-state index >= 15 is 0 Å². The average Bonchev–Trinajstić information content (AvgIpc) is 2.78. The van der Waals surface area contributed by atoms with Crippen molar-refractivity contribution in [3.8, 4) is 0 Å². The monoisotopic (exact) mass is 270 g/mol. The van der Waals surface area contributed by atoms with E-state index in [1.54, 1.807) is 6.07 Å². The molecule has 1 aromatic carbocycles. The van der Waals surface area contributed by atoms with Crippen LogP contribution in [-0.2, 0) is 4.79 Å². The normalized spacial score (nSPS) is 18.2. The molecule has 1 atom stereocenters. The molecule has 1 saturated carbocycles. The van der Waals surface area contributed by atoms with Crippen molar-refractivity contribution in [2.24, 2.45) is 5.92 Å². The number of halogens is 1. The number of hydrogen-bond donors (Lipinski definition) is 1. The van der Waals surface area contributed by atoms with Crippen LogP contribution in [0.1, 0.15) is 25.7 Å². The molecule has 4 heteroatoms. The average molecular weight is 271 g/mol. The second kappa shape index (κ2) is 5.78. The molecule has 2 rings (SSSR count). The summed E-state index contributed by atoms with van der Waals surface area (Å²) in [4.78, 5) is 12.3. The first kappa shape index (κ1) is 12.8. The Morgan fingerprint density at radius 2 is 2.12 bits per heavy atom. The first-order valence-electron chi connectivity index (χ1n) is 5.82. The molecular weight excluding hydrogens is 256 g/mol. The third kappa shape index (κ3) is 3.39. The molecule has 0 amide bonds. The Bertz CT molecular complexity index is 402. The van der Waals surface area contributed by atoms with Crippen LogP contribution in [0, 0.1) is 5.92 Å². The molecule has 0 saturated heterocycles. The van der Waals surface area contributed by atoms with Gasteiger partial charge in [-0.25, -0.2) is 0 Å². The highest BCUT2D eigenvalue weighted by Crippen LogP contribution is 2.37. The summed E-state index contributed by atoms with van der Waals surface area (Å²) in [6.07, 6.45) is 4.38. The lowest BCUT2D eigenvalue weighted by Gasteiger charge is -2.18. The van der Waals surface area contributed by atoms with E-state index in [2.05, 4.69) is 0 Å². The molecule has 0 heterocycles. The van der Waals surface area contributed by atoms with Crippen LogP contribution in [0.2, 0.25) is 5.02 Å². The number of carboxylic acid groups (broad SMARTS) is 1.